The van der Waals surface area contributed by atoms with Gasteiger partial charge in [0, 0.05) is 0 Å². The number of rotatable bonds is 4. The van der Waals surface area contributed by atoms with Crippen LogP contribution in [0.2, 0.25) is 0 Å². The summed E-state index contributed by atoms with van der Waals surface area (Å²) in [6.45, 7) is 0. The van der Waals surface area contributed by atoms with Gasteiger partial charge in [-0.15, -0.1) is 0 Å². The van der Waals surface area contributed by atoms with Gasteiger partial charge in [0.05, 0.1) is 11.7 Å². The minimum Gasteiger partial charge on any atom is -0.490 e. The van der Waals surface area contributed by atoms with Crippen LogP contribution < -0.4 is 4.74 Å². The number of carboxylic acids is 1. The SMILES string of the molecule is O=C(O)c1ccccc1-c1ccc(OC2CCCCC2)cc1. The molecule has 3 rings (SSSR count). The Bertz CT molecular complexity index is 640. The minimum absolute atomic E-state index is 0.323. The number of hydrogen-bond acceptors (Lipinski definition) is 2. The quantitative estimate of drug-likeness (QED) is 0.884. The predicted molar refractivity (Wildman–Crippen MR) is 86.3 cm³/mol. The molecule has 0 aromatic heterocycles. The monoisotopic (exact) mass is 296 g/mol. The van der Waals surface area contributed by atoms with E-state index in [2.05, 4.69) is 0 Å². The molecule has 1 aliphatic rings. The van der Waals surface area contributed by atoms with Gasteiger partial charge in [-0.1, -0.05) is 36.8 Å². The van der Waals surface area contributed by atoms with E-state index < -0.39 is 5.97 Å². The van der Waals surface area contributed by atoms with Crippen LogP contribution in [0.25, 0.3) is 11.1 Å². The zero-order chi connectivity index (χ0) is 15.4. The summed E-state index contributed by atoms with van der Waals surface area (Å²) in [5, 5.41) is 9.27. The Hall–Kier alpha value is -2.29. The van der Waals surface area contributed by atoms with E-state index in [0.29, 0.717) is 11.7 Å². The van der Waals surface area contributed by atoms with Gasteiger partial charge in [-0.3, -0.25) is 0 Å². The van der Waals surface area contributed by atoms with Crippen LogP contribution in [-0.2, 0) is 0 Å². The van der Waals surface area contributed by atoms with E-state index >= 15 is 0 Å². The maximum atomic E-state index is 11.3. The summed E-state index contributed by atoms with van der Waals surface area (Å²) < 4.78 is 6.01. The average molecular weight is 296 g/mol. The normalized spacial score (nSPS) is 15.5. The summed E-state index contributed by atoms with van der Waals surface area (Å²) in [5.74, 6) is -0.0402. The van der Waals surface area contributed by atoms with E-state index in [0.717, 1.165) is 29.7 Å². The number of aromatic carboxylic acids is 1. The molecule has 114 valence electrons. The molecule has 0 aliphatic heterocycles. The highest BCUT2D eigenvalue weighted by Crippen LogP contribution is 2.28. The number of carbonyl (C=O) groups is 1. The Balaban J connectivity index is 1.78. The van der Waals surface area contributed by atoms with E-state index in [-0.39, 0.29) is 0 Å². The number of benzene rings is 2. The average Bonchev–Trinajstić information content (AvgIpc) is 2.56. The van der Waals surface area contributed by atoms with Crippen molar-refractivity contribution in [3.05, 3.63) is 54.1 Å². The molecule has 22 heavy (non-hydrogen) atoms. The molecule has 0 unspecified atom stereocenters. The molecule has 2 aromatic carbocycles. The highest BCUT2D eigenvalue weighted by molar-refractivity contribution is 5.96. The van der Waals surface area contributed by atoms with Gasteiger partial charge in [-0.05, 0) is 55.0 Å². The Morgan fingerprint density at radius 3 is 2.32 bits per heavy atom. The standard InChI is InChI=1S/C19H20O3/c20-19(21)18-9-5-4-8-17(18)14-10-12-16(13-11-14)22-15-6-2-1-3-7-15/h4-5,8-13,15H,1-3,6-7H2,(H,20,21). The number of ether oxygens (including phenoxy) is 1. The smallest absolute Gasteiger partial charge is 0.336 e. The van der Waals surface area contributed by atoms with Gasteiger partial charge in [-0.25, -0.2) is 4.79 Å². The van der Waals surface area contributed by atoms with Gasteiger partial charge in [0.15, 0.2) is 0 Å². The first-order valence-corrected chi connectivity index (χ1v) is 7.83. The first-order chi connectivity index (χ1) is 10.7. The molecule has 1 N–H and O–H groups in total. The van der Waals surface area contributed by atoms with Crippen molar-refractivity contribution in [1.29, 1.82) is 0 Å². The Labute approximate surface area is 130 Å². The molecule has 1 aliphatic carbocycles. The van der Waals surface area contributed by atoms with Gasteiger partial charge in [0.25, 0.3) is 0 Å². The summed E-state index contributed by atoms with van der Waals surface area (Å²) in [6, 6.07) is 14.8. The molecule has 0 atom stereocenters. The molecule has 0 spiro atoms. The van der Waals surface area contributed by atoms with Crippen LogP contribution >= 0.6 is 0 Å². The van der Waals surface area contributed by atoms with E-state index in [9.17, 15) is 9.90 Å². The summed E-state index contributed by atoms with van der Waals surface area (Å²) in [5.41, 5.74) is 1.96. The molecule has 0 saturated heterocycles. The molecule has 0 amide bonds. The number of hydrogen-bond donors (Lipinski definition) is 1. The third-order valence-corrected chi connectivity index (χ3v) is 4.18. The molecule has 3 nitrogen and oxygen atoms in total. The molecule has 1 fully saturated rings. The second-order valence-electron chi connectivity index (χ2n) is 5.75. The van der Waals surface area contributed by atoms with Gasteiger partial charge in [0.2, 0.25) is 0 Å². The fraction of sp³-hybridized carbons (Fsp3) is 0.316. The third-order valence-electron chi connectivity index (χ3n) is 4.18. The highest BCUT2D eigenvalue weighted by atomic mass is 16.5. The molecule has 0 heterocycles. The molecule has 0 radical (unpaired) electrons. The summed E-state index contributed by atoms with van der Waals surface area (Å²) >= 11 is 0. The van der Waals surface area contributed by atoms with E-state index in [1.54, 1.807) is 12.1 Å². The van der Waals surface area contributed by atoms with Crippen molar-refractivity contribution in [3.63, 3.8) is 0 Å². The van der Waals surface area contributed by atoms with E-state index in [1.807, 2.05) is 36.4 Å². The van der Waals surface area contributed by atoms with E-state index in [1.165, 1.54) is 19.3 Å². The summed E-state index contributed by atoms with van der Waals surface area (Å²) in [7, 11) is 0. The third kappa shape index (κ3) is 3.30. The summed E-state index contributed by atoms with van der Waals surface area (Å²) in [4.78, 5) is 11.3. The Morgan fingerprint density at radius 2 is 1.64 bits per heavy atom. The minimum atomic E-state index is -0.905. The van der Waals surface area contributed by atoms with E-state index in [4.69, 9.17) is 4.74 Å². The van der Waals surface area contributed by atoms with Crippen molar-refractivity contribution in [2.24, 2.45) is 0 Å². The lowest BCUT2D eigenvalue weighted by Crippen LogP contribution is -2.19. The van der Waals surface area contributed by atoms with Crippen LogP contribution in [0.3, 0.4) is 0 Å². The zero-order valence-electron chi connectivity index (χ0n) is 12.5. The second-order valence-corrected chi connectivity index (χ2v) is 5.75. The zero-order valence-corrected chi connectivity index (χ0v) is 12.5. The predicted octanol–water partition coefficient (Wildman–Crippen LogP) is 4.76. The Kier molecular flexibility index (Phi) is 4.42. The maximum absolute atomic E-state index is 11.3. The molecule has 3 heteroatoms. The van der Waals surface area contributed by atoms with Gasteiger partial charge < -0.3 is 9.84 Å². The van der Waals surface area contributed by atoms with Gasteiger partial charge >= 0.3 is 5.97 Å². The van der Waals surface area contributed by atoms with Crippen molar-refractivity contribution in [2.75, 3.05) is 0 Å². The fourth-order valence-electron chi connectivity index (χ4n) is 3.01. The van der Waals surface area contributed by atoms with Gasteiger partial charge in [0.1, 0.15) is 5.75 Å². The van der Waals surface area contributed by atoms with Crippen LogP contribution in [0.15, 0.2) is 48.5 Å². The molecule has 0 bridgehead atoms. The van der Waals surface area contributed by atoms with Crippen molar-refractivity contribution in [2.45, 2.75) is 38.2 Å². The second kappa shape index (κ2) is 6.65. The molecular weight excluding hydrogens is 276 g/mol. The van der Waals surface area contributed by atoms with Crippen molar-refractivity contribution in [3.8, 4) is 16.9 Å². The van der Waals surface area contributed by atoms with Crippen LogP contribution in [0.1, 0.15) is 42.5 Å². The van der Waals surface area contributed by atoms with Crippen molar-refractivity contribution in [1.82, 2.24) is 0 Å². The van der Waals surface area contributed by atoms with Gasteiger partial charge in [-0.2, -0.15) is 0 Å². The fourth-order valence-corrected chi connectivity index (χ4v) is 3.01. The van der Waals surface area contributed by atoms with Crippen LogP contribution in [-0.4, -0.2) is 17.2 Å². The molecular formula is C19H20O3. The number of carboxylic acid groups (broad SMARTS) is 1. The van der Waals surface area contributed by atoms with Crippen LogP contribution in [0.4, 0.5) is 0 Å². The first kappa shape index (κ1) is 14.6. The molecule has 2 aromatic rings. The first-order valence-electron chi connectivity index (χ1n) is 7.83. The lowest BCUT2D eigenvalue weighted by molar-refractivity contribution is 0.0697. The lowest BCUT2D eigenvalue weighted by atomic mass is 9.97. The lowest BCUT2D eigenvalue weighted by Gasteiger charge is -2.23. The van der Waals surface area contributed by atoms with Crippen LogP contribution in [0.5, 0.6) is 5.75 Å². The highest BCUT2D eigenvalue weighted by Gasteiger charge is 2.15. The van der Waals surface area contributed by atoms with Crippen molar-refractivity contribution < 1.29 is 14.6 Å². The Morgan fingerprint density at radius 1 is 0.955 bits per heavy atom. The van der Waals surface area contributed by atoms with Crippen molar-refractivity contribution >= 4 is 5.97 Å². The largest absolute Gasteiger partial charge is 0.490 e. The summed E-state index contributed by atoms with van der Waals surface area (Å²) in [6.07, 6.45) is 6.38. The maximum Gasteiger partial charge on any atom is 0.336 e. The molecule has 1 saturated carbocycles. The van der Waals surface area contributed by atoms with Crippen LogP contribution in [0, 0.1) is 0 Å². The topological polar surface area (TPSA) is 46.5 Å².